The van der Waals surface area contributed by atoms with Crippen molar-refractivity contribution in [3.05, 3.63) is 57.6 Å². The number of fused-ring (bicyclic) bond motifs is 3. The molecule has 1 aliphatic carbocycles. The Bertz CT molecular complexity index is 782. The van der Waals surface area contributed by atoms with Crippen molar-refractivity contribution in [2.45, 2.75) is 97.3 Å². The average Bonchev–Trinajstić information content (AvgIpc) is 3.02. The number of hydrogen-bond acceptors (Lipinski definition) is 0. The predicted molar refractivity (Wildman–Crippen MR) is 139 cm³/mol. The SMILES string of the molecule is CCCCC(CC)CC1(CC(CC)CCCC)c2cc(Cl)ccc2-c2ccc(Cl)cc21. The molecule has 0 aromatic heterocycles. The molecule has 2 aromatic carbocycles. The maximum Gasteiger partial charge on any atom is 0.0409 e. The summed E-state index contributed by atoms with van der Waals surface area (Å²) in [5, 5.41) is 1.70. The van der Waals surface area contributed by atoms with Gasteiger partial charge in [0, 0.05) is 15.5 Å². The number of halogens is 2. The Kier molecular flexibility index (Phi) is 8.94. The van der Waals surface area contributed by atoms with E-state index < -0.39 is 0 Å². The largest absolute Gasteiger partial charge is 0.0843 e. The molecule has 0 saturated heterocycles. The standard InChI is InChI=1S/C29H40Cl2/c1-5-9-11-21(7-3)19-29(20-22(8-4)12-10-6-2)27-17-23(30)13-15-25(27)26-16-14-24(31)18-28(26)29/h13-18,21-22H,5-12,19-20H2,1-4H3. The van der Waals surface area contributed by atoms with Crippen LogP contribution in [-0.4, -0.2) is 0 Å². The molecular formula is C29H40Cl2. The molecule has 0 N–H and O–H groups in total. The van der Waals surface area contributed by atoms with Crippen molar-refractivity contribution < 1.29 is 0 Å². The summed E-state index contributed by atoms with van der Waals surface area (Å²) in [5.41, 5.74) is 5.64. The van der Waals surface area contributed by atoms with Crippen LogP contribution in [0.4, 0.5) is 0 Å². The van der Waals surface area contributed by atoms with Gasteiger partial charge in [-0.2, -0.15) is 0 Å². The molecule has 0 nitrogen and oxygen atoms in total. The lowest BCUT2D eigenvalue weighted by atomic mass is 9.65. The fourth-order valence-corrected chi connectivity index (χ4v) is 6.18. The quantitative estimate of drug-likeness (QED) is 0.296. The minimum atomic E-state index is 0.0172. The molecule has 0 radical (unpaired) electrons. The third-order valence-electron chi connectivity index (χ3n) is 7.65. The zero-order chi connectivity index (χ0) is 22.4. The highest BCUT2D eigenvalue weighted by atomic mass is 35.5. The first-order chi connectivity index (χ1) is 15.0. The molecule has 2 unspecified atom stereocenters. The number of benzene rings is 2. The highest BCUT2D eigenvalue weighted by Crippen LogP contribution is 2.57. The van der Waals surface area contributed by atoms with Gasteiger partial charge < -0.3 is 0 Å². The lowest BCUT2D eigenvalue weighted by Crippen LogP contribution is -2.31. The summed E-state index contributed by atoms with van der Waals surface area (Å²) in [7, 11) is 0. The molecule has 0 saturated carbocycles. The summed E-state index contributed by atoms with van der Waals surface area (Å²) >= 11 is 13.2. The van der Waals surface area contributed by atoms with Gasteiger partial charge in [-0.15, -0.1) is 0 Å². The highest BCUT2D eigenvalue weighted by Gasteiger charge is 2.45. The summed E-state index contributed by atoms with van der Waals surface area (Å²) in [6.07, 6.45) is 12.7. The molecule has 0 spiro atoms. The fourth-order valence-electron chi connectivity index (χ4n) is 5.84. The van der Waals surface area contributed by atoms with Crippen LogP contribution in [0.25, 0.3) is 11.1 Å². The predicted octanol–water partition coefficient (Wildman–Crippen LogP) is 10.5. The Morgan fingerprint density at radius 2 is 1.10 bits per heavy atom. The minimum absolute atomic E-state index is 0.0172. The van der Waals surface area contributed by atoms with Crippen LogP contribution >= 0.6 is 23.2 Å². The molecule has 31 heavy (non-hydrogen) atoms. The normalized spacial score (nSPS) is 16.1. The molecule has 170 valence electrons. The molecular weight excluding hydrogens is 419 g/mol. The zero-order valence-electron chi connectivity index (χ0n) is 19.9. The Morgan fingerprint density at radius 1 is 0.677 bits per heavy atom. The molecule has 2 atom stereocenters. The van der Waals surface area contributed by atoms with E-state index in [1.54, 1.807) is 0 Å². The first kappa shape index (κ1) is 24.7. The van der Waals surface area contributed by atoms with Crippen molar-refractivity contribution in [2.24, 2.45) is 11.8 Å². The summed E-state index contributed by atoms with van der Waals surface area (Å²) < 4.78 is 0. The molecule has 0 heterocycles. The summed E-state index contributed by atoms with van der Waals surface area (Å²) in [4.78, 5) is 0. The fraction of sp³-hybridized carbons (Fsp3) is 0.586. The Hall–Kier alpha value is -0.980. The van der Waals surface area contributed by atoms with Gasteiger partial charge in [-0.1, -0.05) is 114 Å². The van der Waals surface area contributed by atoms with Crippen molar-refractivity contribution >= 4 is 23.2 Å². The smallest absolute Gasteiger partial charge is 0.0409 e. The average molecular weight is 460 g/mol. The molecule has 0 bridgehead atoms. The third kappa shape index (κ3) is 5.33. The Labute approximate surface area is 200 Å². The van der Waals surface area contributed by atoms with E-state index in [4.69, 9.17) is 23.2 Å². The monoisotopic (exact) mass is 458 g/mol. The van der Waals surface area contributed by atoms with Gasteiger partial charge in [0.05, 0.1) is 0 Å². The van der Waals surface area contributed by atoms with Crippen LogP contribution in [0.1, 0.15) is 103 Å². The highest BCUT2D eigenvalue weighted by molar-refractivity contribution is 6.31. The first-order valence-corrected chi connectivity index (χ1v) is 13.3. The van der Waals surface area contributed by atoms with Gasteiger partial charge in [-0.3, -0.25) is 0 Å². The molecule has 0 aliphatic heterocycles. The second-order valence-electron chi connectivity index (χ2n) is 9.70. The lowest BCUT2D eigenvalue weighted by Gasteiger charge is -2.38. The van der Waals surface area contributed by atoms with E-state index in [9.17, 15) is 0 Å². The molecule has 3 rings (SSSR count). The van der Waals surface area contributed by atoms with E-state index in [1.165, 1.54) is 86.5 Å². The van der Waals surface area contributed by atoms with Crippen LogP contribution in [0.2, 0.25) is 10.0 Å². The van der Waals surface area contributed by atoms with Gasteiger partial charge in [0.15, 0.2) is 0 Å². The van der Waals surface area contributed by atoms with Crippen molar-refractivity contribution in [1.29, 1.82) is 0 Å². The second kappa shape index (κ2) is 11.2. The van der Waals surface area contributed by atoms with Crippen molar-refractivity contribution in [3.8, 4) is 11.1 Å². The van der Waals surface area contributed by atoms with Crippen LogP contribution < -0.4 is 0 Å². The van der Waals surface area contributed by atoms with E-state index in [2.05, 4.69) is 64.1 Å². The molecule has 0 amide bonds. The van der Waals surface area contributed by atoms with E-state index in [-0.39, 0.29) is 5.41 Å². The number of unbranched alkanes of at least 4 members (excludes halogenated alkanes) is 2. The van der Waals surface area contributed by atoms with E-state index in [0.717, 1.165) is 21.9 Å². The lowest BCUT2D eigenvalue weighted by molar-refractivity contribution is 0.266. The van der Waals surface area contributed by atoms with Crippen LogP contribution in [0, 0.1) is 11.8 Å². The summed E-state index contributed by atoms with van der Waals surface area (Å²) in [6.45, 7) is 9.35. The van der Waals surface area contributed by atoms with Gasteiger partial charge in [0.1, 0.15) is 0 Å². The van der Waals surface area contributed by atoms with Crippen molar-refractivity contribution in [3.63, 3.8) is 0 Å². The van der Waals surface area contributed by atoms with E-state index in [1.807, 2.05) is 0 Å². The molecule has 2 heteroatoms. The minimum Gasteiger partial charge on any atom is -0.0843 e. The van der Waals surface area contributed by atoms with Crippen molar-refractivity contribution in [2.75, 3.05) is 0 Å². The summed E-state index contributed by atoms with van der Waals surface area (Å²) in [6, 6.07) is 13.1. The van der Waals surface area contributed by atoms with Crippen LogP contribution in [0.15, 0.2) is 36.4 Å². The second-order valence-corrected chi connectivity index (χ2v) is 10.6. The topological polar surface area (TPSA) is 0 Å². The first-order valence-electron chi connectivity index (χ1n) is 12.6. The third-order valence-corrected chi connectivity index (χ3v) is 8.12. The van der Waals surface area contributed by atoms with E-state index in [0.29, 0.717) is 0 Å². The van der Waals surface area contributed by atoms with Gasteiger partial charge in [0.2, 0.25) is 0 Å². The maximum atomic E-state index is 6.61. The molecule has 0 fully saturated rings. The van der Waals surface area contributed by atoms with Crippen LogP contribution in [0.5, 0.6) is 0 Å². The van der Waals surface area contributed by atoms with Crippen molar-refractivity contribution in [1.82, 2.24) is 0 Å². The molecule has 1 aliphatic rings. The van der Waals surface area contributed by atoms with Gasteiger partial charge >= 0.3 is 0 Å². The van der Waals surface area contributed by atoms with Gasteiger partial charge in [-0.25, -0.2) is 0 Å². The number of hydrogen-bond donors (Lipinski definition) is 0. The Morgan fingerprint density at radius 3 is 1.45 bits per heavy atom. The van der Waals surface area contributed by atoms with E-state index >= 15 is 0 Å². The summed E-state index contributed by atoms with van der Waals surface area (Å²) in [5.74, 6) is 1.45. The van der Waals surface area contributed by atoms with Crippen LogP contribution in [-0.2, 0) is 5.41 Å². The molecule has 2 aromatic rings. The zero-order valence-corrected chi connectivity index (χ0v) is 21.5. The number of rotatable bonds is 12. The van der Waals surface area contributed by atoms with Gasteiger partial charge in [0.25, 0.3) is 0 Å². The van der Waals surface area contributed by atoms with Crippen LogP contribution in [0.3, 0.4) is 0 Å². The Balaban J connectivity index is 2.16. The maximum absolute atomic E-state index is 6.61. The van der Waals surface area contributed by atoms with Gasteiger partial charge in [-0.05, 0) is 71.2 Å².